The Morgan fingerprint density at radius 1 is 1.00 bits per heavy atom. The molecule has 1 atom stereocenters. The van der Waals surface area contributed by atoms with Crippen LogP contribution in [-0.2, 0) is 0 Å². The highest BCUT2D eigenvalue weighted by molar-refractivity contribution is 5.70. The zero-order valence-corrected chi connectivity index (χ0v) is 11.2. The molecule has 0 radical (unpaired) electrons. The Kier molecular flexibility index (Phi) is 3.56. The number of hydrogen-bond acceptors (Lipinski definition) is 2. The lowest BCUT2D eigenvalue weighted by molar-refractivity contribution is 0.882. The monoisotopic (exact) mass is 240 g/mol. The van der Waals surface area contributed by atoms with Crippen molar-refractivity contribution in [3.05, 3.63) is 59.2 Å². The van der Waals surface area contributed by atoms with E-state index in [2.05, 4.69) is 56.4 Å². The van der Waals surface area contributed by atoms with E-state index in [9.17, 15) is 0 Å². The minimum Gasteiger partial charge on any atom is -0.397 e. The molecule has 0 bridgehead atoms. The molecule has 94 valence electrons. The zero-order chi connectivity index (χ0) is 13.1. The van der Waals surface area contributed by atoms with Gasteiger partial charge in [0, 0.05) is 6.04 Å². The Bertz CT molecular complexity index is 509. The van der Waals surface area contributed by atoms with Crippen molar-refractivity contribution in [2.45, 2.75) is 26.8 Å². The number of para-hydroxylation sites is 1. The predicted octanol–water partition coefficient (Wildman–Crippen LogP) is 4.06. The van der Waals surface area contributed by atoms with Gasteiger partial charge in [-0.3, -0.25) is 0 Å². The first-order chi connectivity index (χ1) is 8.58. The van der Waals surface area contributed by atoms with Crippen molar-refractivity contribution in [2.75, 3.05) is 11.1 Å². The molecular weight excluding hydrogens is 220 g/mol. The van der Waals surface area contributed by atoms with Gasteiger partial charge in [-0.15, -0.1) is 0 Å². The minimum atomic E-state index is 0.244. The van der Waals surface area contributed by atoms with E-state index in [1.807, 2.05) is 12.1 Å². The number of aryl methyl sites for hydroxylation is 2. The number of nitrogens with one attached hydrogen (secondary N) is 1. The van der Waals surface area contributed by atoms with E-state index in [0.717, 1.165) is 11.4 Å². The van der Waals surface area contributed by atoms with Gasteiger partial charge in [0.1, 0.15) is 0 Å². The smallest absolute Gasteiger partial charge is 0.0608 e. The molecule has 2 aromatic carbocycles. The first-order valence-corrected chi connectivity index (χ1v) is 6.26. The normalized spacial score (nSPS) is 12.2. The SMILES string of the molecule is Cc1ccc(C(C)Nc2c(C)cccc2N)cc1. The summed E-state index contributed by atoms with van der Waals surface area (Å²) >= 11 is 0. The second kappa shape index (κ2) is 5.13. The van der Waals surface area contributed by atoms with Gasteiger partial charge in [0.15, 0.2) is 0 Å². The van der Waals surface area contributed by atoms with Crippen LogP contribution >= 0.6 is 0 Å². The highest BCUT2D eigenvalue weighted by Crippen LogP contribution is 2.27. The molecule has 3 N–H and O–H groups in total. The maximum atomic E-state index is 6.01. The van der Waals surface area contributed by atoms with Crippen molar-refractivity contribution in [1.82, 2.24) is 0 Å². The fourth-order valence-corrected chi connectivity index (χ4v) is 2.04. The van der Waals surface area contributed by atoms with Crippen LogP contribution in [0.2, 0.25) is 0 Å². The number of benzene rings is 2. The fourth-order valence-electron chi connectivity index (χ4n) is 2.04. The van der Waals surface area contributed by atoms with Gasteiger partial charge < -0.3 is 11.1 Å². The molecule has 2 aromatic rings. The van der Waals surface area contributed by atoms with E-state index in [4.69, 9.17) is 5.73 Å². The van der Waals surface area contributed by atoms with E-state index in [0.29, 0.717) is 0 Å². The molecule has 0 aliphatic heterocycles. The molecule has 0 spiro atoms. The molecule has 0 aliphatic carbocycles. The van der Waals surface area contributed by atoms with Crippen molar-refractivity contribution >= 4 is 11.4 Å². The summed E-state index contributed by atoms with van der Waals surface area (Å²) in [4.78, 5) is 0. The Morgan fingerprint density at radius 3 is 2.28 bits per heavy atom. The lowest BCUT2D eigenvalue weighted by Crippen LogP contribution is -2.09. The van der Waals surface area contributed by atoms with Crippen molar-refractivity contribution < 1.29 is 0 Å². The fraction of sp³-hybridized carbons (Fsp3) is 0.250. The molecule has 0 amide bonds. The predicted molar refractivity (Wildman–Crippen MR) is 78.8 cm³/mol. The Hall–Kier alpha value is -1.96. The summed E-state index contributed by atoms with van der Waals surface area (Å²) < 4.78 is 0. The first-order valence-electron chi connectivity index (χ1n) is 6.26. The maximum absolute atomic E-state index is 6.01. The number of rotatable bonds is 3. The van der Waals surface area contributed by atoms with Gasteiger partial charge in [-0.2, -0.15) is 0 Å². The van der Waals surface area contributed by atoms with Gasteiger partial charge in [-0.05, 0) is 38.0 Å². The van der Waals surface area contributed by atoms with Crippen LogP contribution in [0.4, 0.5) is 11.4 Å². The highest BCUT2D eigenvalue weighted by atomic mass is 14.9. The van der Waals surface area contributed by atoms with Gasteiger partial charge in [-0.1, -0.05) is 42.0 Å². The summed E-state index contributed by atoms with van der Waals surface area (Å²) in [6.07, 6.45) is 0. The van der Waals surface area contributed by atoms with Gasteiger partial charge in [0.2, 0.25) is 0 Å². The van der Waals surface area contributed by atoms with Crippen molar-refractivity contribution in [3.63, 3.8) is 0 Å². The molecule has 2 heteroatoms. The molecule has 0 saturated heterocycles. The first kappa shape index (κ1) is 12.5. The molecule has 18 heavy (non-hydrogen) atoms. The summed E-state index contributed by atoms with van der Waals surface area (Å²) in [5, 5.41) is 3.49. The van der Waals surface area contributed by atoms with Gasteiger partial charge in [-0.25, -0.2) is 0 Å². The van der Waals surface area contributed by atoms with Crippen molar-refractivity contribution in [1.29, 1.82) is 0 Å². The molecule has 1 unspecified atom stereocenters. The Balaban J connectivity index is 2.21. The van der Waals surface area contributed by atoms with Crippen molar-refractivity contribution in [3.8, 4) is 0 Å². The molecule has 0 fully saturated rings. The van der Waals surface area contributed by atoms with E-state index in [-0.39, 0.29) is 6.04 Å². The Labute approximate surface area is 109 Å². The molecule has 2 nitrogen and oxygen atoms in total. The topological polar surface area (TPSA) is 38.0 Å². The summed E-state index contributed by atoms with van der Waals surface area (Å²) in [7, 11) is 0. The van der Waals surface area contributed by atoms with E-state index in [1.54, 1.807) is 0 Å². The minimum absolute atomic E-state index is 0.244. The quantitative estimate of drug-likeness (QED) is 0.794. The molecular formula is C16H20N2. The summed E-state index contributed by atoms with van der Waals surface area (Å²) in [6, 6.07) is 14.8. The molecule has 0 heterocycles. The maximum Gasteiger partial charge on any atom is 0.0608 e. The second-order valence-electron chi connectivity index (χ2n) is 4.82. The van der Waals surface area contributed by atoms with E-state index in [1.165, 1.54) is 16.7 Å². The molecule has 0 aromatic heterocycles. The van der Waals surface area contributed by atoms with Crippen LogP contribution in [0, 0.1) is 13.8 Å². The van der Waals surface area contributed by atoms with Gasteiger partial charge in [0.25, 0.3) is 0 Å². The standard InChI is InChI=1S/C16H20N2/c1-11-7-9-14(10-8-11)13(3)18-16-12(2)5-4-6-15(16)17/h4-10,13,18H,17H2,1-3H3. The third-order valence-corrected chi connectivity index (χ3v) is 3.24. The van der Waals surface area contributed by atoms with E-state index < -0.39 is 0 Å². The largest absolute Gasteiger partial charge is 0.397 e. The average Bonchev–Trinajstić information content (AvgIpc) is 2.34. The number of anilines is 2. The number of nitrogen functional groups attached to an aromatic ring is 1. The summed E-state index contributed by atoms with van der Waals surface area (Å²) in [5.41, 5.74) is 11.6. The van der Waals surface area contributed by atoms with Crippen LogP contribution in [0.25, 0.3) is 0 Å². The van der Waals surface area contributed by atoms with Crippen molar-refractivity contribution in [2.24, 2.45) is 0 Å². The third-order valence-electron chi connectivity index (χ3n) is 3.24. The van der Waals surface area contributed by atoms with Crippen LogP contribution in [0.3, 0.4) is 0 Å². The average molecular weight is 240 g/mol. The van der Waals surface area contributed by atoms with Crippen LogP contribution in [0.15, 0.2) is 42.5 Å². The highest BCUT2D eigenvalue weighted by Gasteiger charge is 2.08. The molecule has 0 aliphatic rings. The van der Waals surface area contributed by atoms with E-state index >= 15 is 0 Å². The summed E-state index contributed by atoms with van der Waals surface area (Å²) in [6.45, 7) is 6.32. The van der Waals surface area contributed by atoms with Crippen LogP contribution in [0.5, 0.6) is 0 Å². The number of nitrogens with two attached hydrogens (primary N) is 1. The molecule has 0 saturated carbocycles. The second-order valence-corrected chi connectivity index (χ2v) is 4.82. The lowest BCUT2D eigenvalue weighted by atomic mass is 10.1. The van der Waals surface area contributed by atoms with Crippen LogP contribution in [-0.4, -0.2) is 0 Å². The Morgan fingerprint density at radius 2 is 1.67 bits per heavy atom. The lowest BCUT2D eigenvalue weighted by Gasteiger charge is -2.19. The number of hydrogen-bond donors (Lipinski definition) is 2. The summed E-state index contributed by atoms with van der Waals surface area (Å²) in [5.74, 6) is 0. The van der Waals surface area contributed by atoms with Crippen LogP contribution < -0.4 is 11.1 Å². The third kappa shape index (κ3) is 2.65. The zero-order valence-electron chi connectivity index (χ0n) is 11.2. The molecule has 2 rings (SSSR count). The van der Waals surface area contributed by atoms with Gasteiger partial charge in [0.05, 0.1) is 11.4 Å². The van der Waals surface area contributed by atoms with Gasteiger partial charge >= 0.3 is 0 Å². The van der Waals surface area contributed by atoms with Crippen LogP contribution in [0.1, 0.15) is 29.7 Å².